The van der Waals surface area contributed by atoms with Crippen molar-refractivity contribution in [2.24, 2.45) is 0 Å². The molecule has 122 valence electrons. The van der Waals surface area contributed by atoms with Crippen molar-refractivity contribution in [1.82, 2.24) is 15.5 Å². The summed E-state index contributed by atoms with van der Waals surface area (Å²) in [4.78, 5) is 16.1. The van der Waals surface area contributed by atoms with Crippen molar-refractivity contribution in [2.75, 3.05) is 5.32 Å². The van der Waals surface area contributed by atoms with E-state index in [1.54, 1.807) is 24.3 Å². The SMILES string of the molecule is Cc1ccc(NC(=O)NCc2nc(-c3ccc(Cl)cc3)no2)cc1. The molecule has 0 aliphatic carbocycles. The van der Waals surface area contributed by atoms with E-state index in [4.69, 9.17) is 16.1 Å². The predicted molar refractivity (Wildman–Crippen MR) is 91.8 cm³/mol. The molecule has 2 N–H and O–H groups in total. The maximum Gasteiger partial charge on any atom is 0.319 e. The third-order valence-corrected chi connectivity index (χ3v) is 3.53. The number of hydrogen-bond acceptors (Lipinski definition) is 4. The molecule has 1 heterocycles. The van der Waals surface area contributed by atoms with Crippen LogP contribution in [-0.4, -0.2) is 16.2 Å². The second-order valence-electron chi connectivity index (χ2n) is 5.19. The van der Waals surface area contributed by atoms with E-state index in [2.05, 4.69) is 20.8 Å². The van der Waals surface area contributed by atoms with Crippen LogP contribution in [0.25, 0.3) is 11.4 Å². The van der Waals surface area contributed by atoms with Gasteiger partial charge in [-0.1, -0.05) is 34.5 Å². The molecule has 0 radical (unpaired) electrons. The molecule has 24 heavy (non-hydrogen) atoms. The molecule has 3 aromatic rings. The number of benzene rings is 2. The third kappa shape index (κ3) is 4.11. The molecular formula is C17H15ClN4O2. The van der Waals surface area contributed by atoms with Crippen molar-refractivity contribution >= 4 is 23.3 Å². The van der Waals surface area contributed by atoms with E-state index >= 15 is 0 Å². The van der Waals surface area contributed by atoms with Crippen LogP contribution >= 0.6 is 11.6 Å². The van der Waals surface area contributed by atoms with Gasteiger partial charge in [0.05, 0.1) is 6.54 Å². The summed E-state index contributed by atoms with van der Waals surface area (Å²) in [6, 6.07) is 14.3. The molecule has 0 fully saturated rings. The predicted octanol–water partition coefficient (Wildman–Crippen LogP) is 4.02. The lowest BCUT2D eigenvalue weighted by atomic mass is 10.2. The molecule has 0 saturated heterocycles. The Morgan fingerprint density at radius 1 is 1.12 bits per heavy atom. The summed E-state index contributed by atoms with van der Waals surface area (Å²) in [5.74, 6) is 0.765. The molecule has 2 amide bonds. The number of nitrogens with zero attached hydrogens (tertiary/aromatic N) is 2. The second-order valence-corrected chi connectivity index (χ2v) is 5.63. The number of nitrogens with one attached hydrogen (secondary N) is 2. The molecular weight excluding hydrogens is 328 g/mol. The summed E-state index contributed by atoms with van der Waals surface area (Å²) in [6.45, 7) is 2.12. The highest BCUT2D eigenvalue weighted by atomic mass is 35.5. The zero-order valence-corrected chi connectivity index (χ0v) is 13.7. The van der Waals surface area contributed by atoms with Crippen LogP contribution < -0.4 is 10.6 Å². The van der Waals surface area contributed by atoms with Crippen molar-refractivity contribution in [3.8, 4) is 11.4 Å². The van der Waals surface area contributed by atoms with Gasteiger partial charge in [-0.25, -0.2) is 4.79 Å². The molecule has 7 heteroatoms. The van der Waals surface area contributed by atoms with Crippen LogP contribution in [0.1, 0.15) is 11.5 Å². The average Bonchev–Trinajstić information content (AvgIpc) is 3.05. The number of amides is 2. The number of aryl methyl sites for hydroxylation is 1. The van der Waals surface area contributed by atoms with Crippen LogP contribution in [0.5, 0.6) is 0 Å². The Morgan fingerprint density at radius 3 is 2.54 bits per heavy atom. The lowest BCUT2D eigenvalue weighted by molar-refractivity contribution is 0.249. The normalized spacial score (nSPS) is 10.4. The number of rotatable bonds is 4. The van der Waals surface area contributed by atoms with Crippen LogP contribution in [0.4, 0.5) is 10.5 Å². The molecule has 2 aromatic carbocycles. The van der Waals surface area contributed by atoms with E-state index in [0.717, 1.165) is 11.1 Å². The molecule has 0 bridgehead atoms. The van der Waals surface area contributed by atoms with Gasteiger partial charge in [-0.15, -0.1) is 0 Å². The number of carbonyl (C=O) groups is 1. The molecule has 0 atom stereocenters. The molecule has 0 spiro atoms. The van der Waals surface area contributed by atoms with Gasteiger partial charge in [0.1, 0.15) is 0 Å². The molecule has 0 aliphatic rings. The molecule has 0 unspecified atom stereocenters. The number of aromatic nitrogens is 2. The number of anilines is 1. The average molecular weight is 343 g/mol. The summed E-state index contributed by atoms with van der Waals surface area (Å²) in [7, 11) is 0. The van der Waals surface area contributed by atoms with Gasteiger partial charge in [0.15, 0.2) is 0 Å². The highest BCUT2D eigenvalue weighted by molar-refractivity contribution is 6.30. The minimum Gasteiger partial charge on any atom is -0.337 e. The van der Waals surface area contributed by atoms with E-state index in [0.29, 0.717) is 22.4 Å². The third-order valence-electron chi connectivity index (χ3n) is 3.28. The fourth-order valence-electron chi connectivity index (χ4n) is 2.01. The monoisotopic (exact) mass is 342 g/mol. The smallest absolute Gasteiger partial charge is 0.319 e. The Bertz CT molecular complexity index is 829. The number of urea groups is 1. The zero-order chi connectivity index (χ0) is 16.9. The van der Waals surface area contributed by atoms with Crippen LogP contribution in [0, 0.1) is 6.92 Å². The summed E-state index contributed by atoms with van der Waals surface area (Å²) in [5, 5.41) is 9.92. The number of carbonyl (C=O) groups excluding carboxylic acids is 1. The lowest BCUT2D eigenvalue weighted by Gasteiger charge is -2.05. The molecule has 3 rings (SSSR count). The van der Waals surface area contributed by atoms with Gasteiger partial charge >= 0.3 is 6.03 Å². The maximum atomic E-state index is 11.9. The maximum absolute atomic E-state index is 11.9. The highest BCUT2D eigenvalue weighted by Gasteiger charge is 2.10. The van der Waals surface area contributed by atoms with E-state index < -0.39 is 0 Å². The minimum absolute atomic E-state index is 0.137. The summed E-state index contributed by atoms with van der Waals surface area (Å²) in [5.41, 5.74) is 2.63. The highest BCUT2D eigenvalue weighted by Crippen LogP contribution is 2.18. The van der Waals surface area contributed by atoms with Gasteiger partial charge in [0, 0.05) is 16.3 Å². The molecule has 6 nitrogen and oxygen atoms in total. The van der Waals surface area contributed by atoms with E-state index in [1.165, 1.54) is 0 Å². The van der Waals surface area contributed by atoms with Crippen LogP contribution in [0.15, 0.2) is 53.1 Å². The number of hydrogen-bond donors (Lipinski definition) is 2. The van der Waals surface area contributed by atoms with Gasteiger partial charge in [-0.3, -0.25) is 0 Å². The first-order valence-electron chi connectivity index (χ1n) is 7.30. The Hall–Kier alpha value is -2.86. The summed E-state index contributed by atoms with van der Waals surface area (Å²) >= 11 is 5.85. The second kappa shape index (κ2) is 7.14. The van der Waals surface area contributed by atoms with Crippen molar-refractivity contribution in [3.63, 3.8) is 0 Å². The Labute approximate surface area is 143 Å². The van der Waals surface area contributed by atoms with Gasteiger partial charge in [-0.2, -0.15) is 4.98 Å². The molecule has 0 aliphatic heterocycles. The fraction of sp³-hybridized carbons (Fsp3) is 0.118. The largest absolute Gasteiger partial charge is 0.337 e. The summed E-state index contributed by atoms with van der Waals surface area (Å²) < 4.78 is 5.13. The Kier molecular flexibility index (Phi) is 4.77. The van der Waals surface area contributed by atoms with Gasteiger partial charge in [0.25, 0.3) is 0 Å². The first-order valence-corrected chi connectivity index (χ1v) is 7.68. The van der Waals surface area contributed by atoms with E-state index in [-0.39, 0.29) is 12.6 Å². The fourth-order valence-corrected chi connectivity index (χ4v) is 2.14. The Balaban J connectivity index is 1.56. The lowest BCUT2D eigenvalue weighted by Crippen LogP contribution is -2.28. The van der Waals surface area contributed by atoms with E-state index in [1.807, 2.05) is 31.2 Å². The topological polar surface area (TPSA) is 80.0 Å². The first kappa shape index (κ1) is 16.0. The molecule has 1 aromatic heterocycles. The van der Waals surface area contributed by atoms with Crippen molar-refractivity contribution in [2.45, 2.75) is 13.5 Å². The van der Waals surface area contributed by atoms with Crippen LogP contribution in [-0.2, 0) is 6.54 Å². The van der Waals surface area contributed by atoms with Crippen LogP contribution in [0.2, 0.25) is 5.02 Å². The van der Waals surface area contributed by atoms with Crippen LogP contribution in [0.3, 0.4) is 0 Å². The van der Waals surface area contributed by atoms with Gasteiger partial charge in [-0.05, 0) is 43.3 Å². The zero-order valence-electron chi connectivity index (χ0n) is 12.9. The number of halogens is 1. The van der Waals surface area contributed by atoms with E-state index in [9.17, 15) is 4.79 Å². The summed E-state index contributed by atoms with van der Waals surface area (Å²) in [6.07, 6.45) is 0. The first-order chi connectivity index (χ1) is 11.6. The standard InChI is InChI=1S/C17H15ClN4O2/c1-11-2-8-14(9-3-11)20-17(23)19-10-15-21-16(22-24-15)12-4-6-13(18)7-5-12/h2-9H,10H2,1H3,(H2,19,20,23). The van der Waals surface area contributed by atoms with Crippen molar-refractivity contribution in [3.05, 3.63) is 65.0 Å². The van der Waals surface area contributed by atoms with Crippen molar-refractivity contribution in [1.29, 1.82) is 0 Å². The van der Waals surface area contributed by atoms with Gasteiger partial charge in [0.2, 0.25) is 11.7 Å². The minimum atomic E-state index is -0.343. The quantitative estimate of drug-likeness (QED) is 0.750. The van der Waals surface area contributed by atoms with Crippen molar-refractivity contribution < 1.29 is 9.32 Å². The molecule has 0 saturated carbocycles. The van der Waals surface area contributed by atoms with Gasteiger partial charge < -0.3 is 15.2 Å². The Morgan fingerprint density at radius 2 is 1.83 bits per heavy atom.